The SMILES string of the molecule is CC(NC(=O)c1cccnc1N)C1CCCC1. The first-order chi connectivity index (χ1) is 8.18. The van der Waals surface area contributed by atoms with Crippen LogP contribution in [0.1, 0.15) is 43.0 Å². The average molecular weight is 233 g/mol. The molecule has 92 valence electrons. The topological polar surface area (TPSA) is 68.0 Å². The van der Waals surface area contributed by atoms with E-state index in [1.165, 1.54) is 25.7 Å². The van der Waals surface area contributed by atoms with Crippen LogP contribution in [-0.4, -0.2) is 16.9 Å². The zero-order valence-corrected chi connectivity index (χ0v) is 10.1. The van der Waals surface area contributed by atoms with Crippen LogP contribution >= 0.6 is 0 Å². The van der Waals surface area contributed by atoms with Gasteiger partial charge in [-0.3, -0.25) is 4.79 Å². The largest absolute Gasteiger partial charge is 0.383 e. The molecule has 3 N–H and O–H groups in total. The number of nitrogens with zero attached hydrogens (tertiary/aromatic N) is 1. The molecule has 0 aliphatic heterocycles. The number of hydrogen-bond donors (Lipinski definition) is 2. The van der Waals surface area contributed by atoms with Crippen molar-refractivity contribution in [2.24, 2.45) is 5.92 Å². The third-order valence-corrected chi connectivity index (χ3v) is 3.55. The summed E-state index contributed by atoms with van der Waals surface area (Å²) >= 11 is 0. The molecule has 1 amide bonds. The number of carbonyl (C=O) groups is 1. The first kappa shape index (κ1) is 11.9. The summed E-state index contributed by atoms with van der Waals surface area (Å²) in [6, 6.07) is 3.65. The molecule has 0 radical (unpaired) electrons. The van der Waals surface area contributed by atoms with E-state index in [0.29, 0.717) is 17.3 Å². The third-order valence-electron chi connectivity index (χ3n) is 3.55. The van der Waals surface area contributed by atoms with E-state index in [0.717, 1.165) is 0 Å². The molecule has 4 nitrogen and oxygen atoms in total. The maximum absolute atomic E-state index is 12.0. The fourth-order valence-electron chi connectivity index (χ4n) is 2.47. The average Bonchev–Trinajstić information content (AvgIpc) is 2.82. The van der Waals surface area contributed by atoms with Crippen LogP contribution in [0.25, 0.3) is 0 Å². The van der Waals surface area contributed by atoms with Crippen LogP contribution in [0, 0.1) is 5.92 Å². The Morgan fingerprint density at radius 1 is 1.53 bits per heavy atom. The molecular weight excluding hydrogens is 214 g/mol. The fraction of sp³-hybridized carbons (Fsp3) is 0.538. The molecule has 0 aromatic carbocycles. The van der Waals surface area contributed by atoms with Crippen molar-refractivity contribution in [1.82, 2.24) is 10.3 Å². The Morgan fingerprint density at radius 2 is 2.24 bits per heavy atom. The Labute approximate surface area is 102 Å². The summed E-state index contributed by atoms with van der Waals surface area (Å²) < 4.78 is 0. The number of nitrogens with one attached hydrogen (secondary N) is 1. The minimum absolute atomic E-state index is 0.116. The van der Waals surface area contributed by atoms with Crippen molar-refractivity contribution in [2.45, 2.75) is 38.6 Å². The number of amides is 1. The molecule has 1 aliphatic rings. The molecular formula is C13H19N3O. The number of hydrogen-bond acceptors (Lipinski definition) is 3. The van der Waals surface area contributed by atoms with Gasteiger partial charge in [-0.05, 0) is 37.8 Å². The van der Waals surface area contributed by atoms with Gasteiger partial charge in [0.1, 0.15) is 5.82 Å². The van der Waals surface area contributed by atoms with E-state index >= 15 is 0 Å². The van der Waals surface area contributed by atoms with Crippen LogP contribution in [0.2, 0.25) is 0 Å². The molecule has 1 saturated carbocycles. The van der Waals surface area contributed by atoms with Crippen molar-refractivity contribution in [3.63, 3.8) is 0 Å². The highest BCUT2D eigenvalue weighted by Gasteiger charge is 2.23. The van der Waals surface area contributed by atoms with Crippen LogP contribution < -0.4 is 11.1 Å². The lowest BCUT2D eigenvalue weighted by Gasteiger charge is -2.20. The number of pyridine rings is 1. The van der Waals surface area contributed by atoms with E-state index in [9.17, 15) is 4.79 Å². The van der Waals surface area contributed by atoms with Crippen LogP contribution in [-0.2, 0) is 0 Å². The zero-order valence-electron chi connectivity index (χ0n) is 10.1. The van der Waals surface area contributed by atoms with E-state index in [4.69, 9.17) is 5.73 Å². The number of rotatable bonds is 3. The molecule has 1 aromatic rings. The zero-order chi connectivity index (χ0) is 12.3. The molecule has 0 spiro atoms. The van der Waals surface area contributed by atoms with Gasteiger partial charge in [-0.15, -0.1) is 0 Å². The van der Waals surface area contributed by atoms with Gasteiger partial charge in [-0.1, -0.05) is 12.8 Å². The molecule has 1 atom stereocenters. The lowest BCUT2D eigenvalue weighted by Crippen LogP contribution is -2.37. The predicted octanol–water partition coefficient (Wildman–Crippen LogP) is 1.97. The Morgan fingerprint density at radius 3 is 2.88 bits per heavy atom. The number of aromatic nitrogens is 1. The van der Waals surface area contributed by atoms with Gasteiger partial charge in [0, 0.05) is 12.2 Å². The highest BCUT2D eigenvalue weighted by atomic mass is 16.1. The predicted molar refractivity (Wildman–Crippen MR) is 67.5 cm³/mol. The normalized spacial score (nSPS) is 17.9. The smallest absolute Gasteiger partial charge is 0.255 e. The minimum Gasteiger partial charge on any atom is -0.383 e. The Kier molecular flexibility index (Phi) is 3.61. The van der Waals surface area contributed by atoms with Crippen LogP contribution in [0.3, 0.4) is 0 Å². The molecule has 2 rings (SSSR count). The van der Waals surface area contributed by atoms with E-state index in [1.54, 1.807) is 18.3 Å². The molecule has 0 saturated heterocycles. The second-order valence-electron chi connectivity index (χ2n) is 4.74. The minimum atomic E-state index is -0.116. The standard InChI is InChI=1S/C13H19N3O/c1-9(10-5-2-3-6-10)16-13(17)11-7-4-8-15-12(11)14/h4,7-10H,2-3,5-6H2,1H3,(H2,14,15)(H,16,17). The Balaban J connectivity index is 1.99. The van der Waals surface area contributed by atoms with Gasteiger partial charge < -0.3 is 11.1 Å². The molecule has 1 unspecified atom stereocenters. The third kappa shape index (κ3) is 2.75. The summed E-state index contributed by atoms with van der Waals surface area (Å²) in [5.74, 6) is 0.787. The summed E-state index contributed by atoms with van der Waals surface area (Å²) in [7, 11) is 0. The maximum Gasteiger partial charge on any atom is 0.255 e. The van der Waals surface area contributed by atoms with Crippen molar-refractivity contribution in [3.8, 4) is 0 Å². The summed E-state index contributed by atoms with van der Waals surface area (Å²) in [5.41, 5.74) is 6.15. The summed E-state index contributed by atoms with van der Waals surface area (Å²) in [6.45, 7) is 2.07. The van der Waals surface area contributed by atoms with Crippen LogP contribution in [0.5, 0.6) is 0 Å². The number of nitrogens with two attached hydrogens (primary N) is 1. The first-order valence-electron chi connectivity index (χ1n) is 6.20. The molecule has 1 aromatic heterocycles. The van der Waals surface area contributed by atoms with Gasteiger partial charge in [0.05, 0.1) is 5.56 Å². The fourth-order valence-corrected chi connectivity index (χ4v) is 2.47. The van der Waals surface area contributed by atoms with Crippen molar-refractivity contribution in [3.05, 3.63) is 23.9 Å². The molecule has 17 heavy (non-hydrogen) atoms. The van der Waals surface area contributed by atoms with Crippen molar-refractivity contribution < 1.29 is 4.79 Å². The molecule has 1 fully saturated rings. The molecule has 0 bridgehead atoms. The number of carbonyl (C=O) groups excluding carboxylic acids is 1. The number of anilines is 1. The summed E-state index contributed by atoms with van der Waals surface area (Å²) in [6.07, 6.45) is 6.57. The second-order valence-corrected chi connectivity index (χ2v) is 4.74. The molecule has 1 aliphatic carbocycles. The highest BCUT2D eigenvalue weighted by molar-refractivity contribution is 5.98. The number of nitrogen functional groups attached to an aromatic ring is 1. The maximum atomic E-state index is 12.0. The lowest BCUT2D eigenvalue weighted by molar-refractivity contribution is 0.0928. The molecule has 4 heteroatoms. The van der Waals surface area contributed by atoms with Gasteiger partial charge in [0.2, 0.25) is 0 Å². The van der Waals surface area contributed by atoms with Gasteiger partial charge in [-0.2, -0.15) is 0 Å². The van der Waals surface area contributed by atoms with Crippen LogP contribution in [0.4, 0.5) is 5.82 Å². The van der Waals surface area contributed by atoms with Gasteiger partial charge in [-0.25, -0.2) is 4.98 Å². The quantitative estimate of drug-likeness (QED) is 0.838. The molecule has 1 heterocycles. The first-order valence-corrected chi connectivity index (χ1v) is 6.20. The van der Waals surface area contributed by atoms with Crippen molar-refractivity contribution in [1.29, 1.82) is 0 Å². The summed E-state index contributed by atoms with van der Waals surface area (Å²) in [5, 5.41) is 3.02. The van der Waals surface area contributed by atoms with Crippen LogP contribution in [0.15, 0.2) is 18.3 Å². The second kappa shape index (κ2) is 5.17. The van der Waals surface area contributed by atoms with Gasteiger partial charge in [0.15, 0.2) is 0 Å². The van der Waals surface area contributed by atoms with Gasteiger partial charge >= 0.3 is 0 Å². The highest BCUT2D eigenvalue weighted by Crippen LogP contribution is 2.27. The van der Waals surface area contributed by atoms with E-state index in [2.05, 4.69) is 17.2 Å². The van der Waals surface area contributed by atoms with Gasteiger partial charge in [0.25, 0.3) is 5.91 Å². The van der Waals surface area contributed by atoms with Crippen molar-refractivity contribution in [2.75, 3.05) is 5.73 Å². The Hall–Kier alpha value is -1.58. The Bertz CT molecular complexity index is 399. The lowest BCUT2D eigenvalue weighted by atomic mass is 9.99. The van der Waals surface area contributed by atoms with E-state index in [-0.39, 0.29) is 11.9 Å². The summed E-state index contributed by atoms with van der Waals surface area (Å²) in [4.78, 5) is 15.9. The monoisotopic (exact) mass is 233 g/mol. The van der Waals surface area contributed by atoms with E-state index < -0.39 is 0 Å². The van der Waals surface area contributed by atoms with E-state index in [1.807, 2.05) is 0 Å². The van der Waals surface area contributed by atoms with Crippen molar-refractivity contribution >= 4 is 11.7 Å².